The standard InChI is InChI=1S/C15H20BrClN2O/c1-9-5-10(2)8-15(7-9,14(18)20)19-11-3-4-13(17)12(16)6-11/h3-4,6,9-10,19H,5,7-8H2,1-2H3,(H2,18,20). The molecule has 0 aliphatic heterocycles. The van der Waals surface area contributed by atoms with Crippen LogP contribution < -0.4 is 11.1 Å². The molecule has 2 unspecified atom stereocenters. The van der Waals surface area contributed by atoms with Gasteiger partial charge in [-0.2, -0.15) is 0 Å². The largest absolute Gasteiger partial charge is 0.371 e. The molecule has 3 nitrogen and oxygen atoms in total. The van der Waals surface area contributed by atoms with E-state index in [4.69, 9.17) is 17.3 Å². The quantitative estimate of drug-likeness (QED) is 0.850. The van der Waals surface area contributed by atoms with Gasteiger partial charge in [0, 0.05) is 10.2 Å². The first-order valence-corrected chi connectivity index (χ1v) is 8.02. The highest BCUT2D eigenvalue weighted by Gasteiger charge is 2.42. The number of nitrogens with two attached hydrogens (primary N) is 1. The van der Waals surface area contributed by atoms with Gasteiger partial charge in [-0.25, -0.2) is 0 Å². The van der Waals surface area contributed by atoms with Crippen molar-refractivity contribution >= 4 is 39.1 Å². The summed E-state index contributed by atoms with van der Waals surface area (Å²) in [7, 11) is 0. The minimum Gasteiger partial charge on any atom is -0.371 e. The highest BCUT2D eigenvalue weighted by atomic mass is 79.9. The van der Waals surface area contributed by atoms with Crippen LogP contribution in [0.4, 0.5) is 5.69 Å². The van der Waals surface area contributed by atoms with Crippen LogP contribution in [0.15, 0.2) is 22.7 Å². The van der Waals surface area contributed by atoms with E-state index in [1.165, 1.54) is 0 Å². The molecule has 2 atom stereocenters. The molecule has 0 bridgehead atoms. The highest BCUT2D eigenvalue weighted by Crippen LogP contribution is 2.39. The van der Waals surface area contributed by atoms with Crippen LogP contribution in [0.1, 0.15) is 33.1 Å². The van der Waals surface area contributed by atoms with Crippen LogP contribution in [0.5, 0.6) is 0 Å². The molecule has 1 amide bonds. The third-order valence-electron chi connectivity index (χ3n) is 3.97. The number of amides is 1. The lowest BCUT2D eigenvalue weighted by Gasteiger charge is -2.41. The molecule has 0 saturated heterocycles. The highest BCUT2D eigenvalue weighted by molar-refractivity contribution is 9.10. The Balaban J connectivity index is 2.29. The van der Waals surface area contributed by atoms with Crippen LogP contribution in [-0.2, 0) is 4.79 Å². The Morgan fingerprint density at radius 2 is 2.00 bits per heavy atom. The second kappa shape index (κ2) is 5.94. The number of halogens is 2. The van der Waals surface area contributed by atoms with Crippen molar-refractivity contribution in [3.63, 3.8) is 0 Å². The van der Waals surface area contributed by atoms with Crippen LogP contribution in [0.2, 0.25) is 5.02 Å². The summed E-state index contributed by atoms with van der Waals surface area (Å²) in [5, 5.41) is 4.01. The van der Waals surface area contributed by atoms with E-state index in [0.717, 1.165) is 29.4 Å². The van der Waals surface area contributed by atoms with E-state index in [1.807, 2.05) is 12.1 Å². The van der Waals surface area contributed by atoms with Gasteiger partial charge in [-0.15, -0.1) is 0 Å². The Bertz CT molecular complexity index is 511. The predicted molar refractivity (Wildman–Crippen MR) is 86.9 cm³/mol. The number of carbonyl (C=O) groups excluding carboxylic acids is 1. The minimum absolute atomic E-state index is 0.276. The maximum Gasteiger partial charge on any atom is 0.243 e. The van der Waals surface area contributed by atoms with Crippen LogP contribution in [0, 0.1) is 11.8 Å². The molecule has 20 heavy (non-hydrogen) atoms. The van der Waals surface area contributed by atoms with Crippen molar-refractivity contribution in [1.29, 1.82) is 0 Å². The molecule has 110 valence electrons. The van der Waals surface area contributed by atoms with Crippen molar-refractivity contribution in [2.24, 2.45) is 17.6 Å². The molecule has 0 spiro atoms. The number of anilines is 1. The summed E-state index contributed by atoms with van der Waals surface area (Å²) in [6.07, 6.45) is 2.68. The minimum atomic E-state index is -0.662. The zero-order chi connectivity index (χ0) is 14.9. The number of carbonyl (C=O) groups is 1. The van der Waals surface area contributed by atoms with Gasteiger partial charge in [0.15, 0.2) is 0 Å². The molecule has 0 aromatic heterocycles. The van der Waals surface area contributed by atoms with Gasteiger partial charge in [-0.1, -0.05) is 25.4 Å². The Morgan fingerprint density at radius 3 is 2.50 bits per heavy atom. The Labute approximate surface area is 133 Å². The van der Waals surface area contributed by atoms with Crippen molar-refractivity contribution in [1.82, 2.24) is 0 Å². The predicted octanol–water partition coefficient (Wildman–Crippen LogP) is 4.19. The molecule has 1 saturated carbocycles. The van der Waals surface area contributed by atoms with Crippen molar-refractivity contribution in [3.05, 3.63) is 27.7 Å². The summed E-state index contributed by atoms with van der Waals surface area (Å²) >= 11 is 9.40. The van der Waals surface area contributed by atoms with E-state index in [2.05, 4.69) is 35.1 Å². The fourth-order valence-electron chi connectivity index (χ4n) is 3.34. The summed E-state index contributed by atoms with van der Waals surface area (Å²) < 4.78 is 0.806. The first-order chi connectivity index (χ1) is 9.32. The summed E-state index contributed by atoms with van der Waals surface area (Å²) in [6, 6.07) is 5.57. The van der Waals surface area contributed by atoms with Crippen LogP contribution >= 0.6 is 27.5 Å². The van der Waals surface area contributed by atoms with Crippen LogP contribution in [-0.4, -0.2) is 11.4 Å². The van der Waals surface area contributed by atoms with Gasteiger partial charge in [0.1, 0.15) is 5.54 Å². The molecular formula is C15H20BrClN2O. The SMILES string of the molecule is CC1CC(C)CC(Nc2ccc(Cl)c(Br)c2)(C(N)=O)C1. The van der Waals surface area contributed by atoms with Crippen molar-refractivity contribution < 1.29 is 4.79 Å². The number of primary amides is 1. The number of nitrogens with one attached hydrogen (secondary N) is 1. The fourth-order valence-corrected chi connectivity index (χ4v) is 3.84. The van der Waals surface area contributed by atoms with Crippen LogP contribution in [0.3, 0.4) is 0 Å². The zero-order valence-electron chi connectivity index (χ0n) is 11.7. The van der Waals surface area contributed by atoms with Gasteiger partial charge in [-0.05, 0) is 65.2 Å². The average Bonchev–Trinajstić information content (AvgIpc) is 2.32. The maximum atomic E-state index is 12.0. The summed E-state index contributed by atoms with van der Waals surface area (Å²) in [4.78, 5) is 12.0. The number of rotatable bonds is 3. The van der Waals surface area contributed by atoms with E-state index in [9.17, 15) is 4.79 Å². The average molecular weight is 360 g/mol. The van der Waals surface area contributed by atoms with E-state index >= 15 is 0 Å². The molecule has 2 rings (SSSR count). The van der Waals surface area contributed by atoms with E-state index in [1.54, 1.807) is 6.07 Å². The lowest BCUT2D eigenvalue weighted by Crippen LogP contribution is -2.54. The molecule has 3 N–H and O–H groups in total. The lowest BCUT2D eigenvalue weighted by molar-refractivity contribution is -0.124. The van der Waals surface area contributed by atoms with Crippen molar-refractivity contribution in [2.45, 2.75) is 38.6 Å². The third kappa shape index (κ3) is 3.29. The van der Waals surface area contributed by atoms with Gasteiger partial charge >= 0.3 is 0 Å². The molecule has 1 aliphatic carbocycles. The van der Waals surface area contributed by atoms with E-state index < -0.39 is 5.54 Å². The molecule has 0 heterocycles. The van der Waals surface area contributed by atoms with Gasteiger partial charge in [0.2, 0.25) is 5.91 Å². The van der Waals surface area contributed by atoms with Gasteiger partial charge < -0.3 is 11.1 Å². The van der Waals surface area contributed by atoms with Crippen molar-refractivity contribution in [3.8, 4) is 0 Å². The Kier molecular flexibility index (Phi) is 4.65. The summed E-state index contributed by atoms with van der Waals surface area (Å²) in [6.45, 7) is 4.35. The summed E-state index contributed by atoms with van der Waals surface area (Å²) in [5.41, 5.74) is 5.90. The fraction of sp³-hybridized carbons (Fsp3) is 0.533. The topological polar surface area (TPSA) is 55.1 Å². The third-order valence-corrected chi connectivity index (χ3v) is 5.19. The summed E-state index contributed by atoms with van der Waals surface area (Å²) in [5.74, 6) is 0.686. The van der Waals surface area contributed by atoms with E-state index in [0.29, 0.717) is 16.9 Å². The van der Waals surface area contributed by atoms with Crippen molar-refractivity contribution in [2.75, 3.05) is 5.32 Å². The number of hydrogen-bond donors (Lipinski definition) is 2. The second-order valence-electron chi connectivity index (χ2n) is 6.05. The molecule has 1 aliphatic rings. The maximum absolute atomic E-state index is 12.0. The number of hydrogen-bond acceptors (Lipinski definition) is 2. The van der Waals surface area contributed by atoms with Gasteiger partial charge in [-0.3, -0.25) is 4.79 Å². The lowest BCUT2D eigenvalue weighted by atomic mass is 9.71. The molecule has 1 aromatic carbocycles. The Morgan fingerprint density at radius 1 is 1.40 bits per heavy atom. The molecule has 5 heteroatoms. The smallest absolute Gasteiger partial charge is 0.243 e. The second-order valence-corrected chi connectivity index (χ2v) is 7.32. The van der Waals surface area contributed by atoms with Gasteiger partial charge in [0.05, 0.1) is 5.02 Å². The normalized spacial score (nSPS) is 30.0. The molecular weight excluding hydrogens is 340 g/mol. The first kappa shape index (κ1) is 15.6. The Hall–Kier alpha value is -0.740. The molecule has 0 radical (unpaired) electrons. The van der Waals surface area contributed by atoms with Crippen LogP contribution in [0.25, 0.3) is 0 Å². The molecule has 1 aromatic rings. The van der Waals surface area contributed by atoms with Gasteiger partial charge in [0.25, 0.3) is 0 Å². The monoisotopic (exact) mass is 358 g/mol. The first-order valence-electron chi connectivity index (χ1n) is 6.85. The zero-order valence-corrected chi connectivity index (χ0v) is 14.1. The van der Waals surface area contributed by atoms with E-state index in [-0.39, 0.29) is 5.91 Å². The number of benzene rings is 1. The molecule has 1 fully saturated rings.